The molecule has 0 unspecified atom stereocenters. The number of rotatable bonds is 2. The largest absolute Gasteiger partial charge is 0.508 e. The van der Waals surface area contributed by atoms with Gasteiger partial charge in [-0.25, -0.2) is 0 Å². The Morgan fingerprint density at radius 2 is 2.14 bits per heavy atom. The van der Waals surface area contributed by atoms with E-state index >= 15 is 0 Å². The highest BCUT2D eigenvalue weighted by molar-refractivity contribution is 6.00. The van der Waals surface area contributed by atoms with Crippen LogP contribution in [0.25, 0.3) is 0 Å². The van der Waals surface area contributed by atoms with E-state index in [2.05, 4.69) is 0 Å². The van der Waals surface area contributed by atoms with Crippen molar-refractivity contribution in [1.29, 1.82) is 5.26 Å². The number of phenols is 1. The summed E-state index contributed by atoms with van der Waals surface area (Å²) in [5.41, 5.74) is 1.80. The summed E-state index contributed by atoms with van der Waals surface area (Å²) in [5, 5.41) is 17.8. The number of carbonyl (C=O) groups is 1. The molecule has 14 heavy (non-hydrogen) atoms. The number of phenolic OH excluding ortho intramolecular Hbond substituents is 1. The van der Waals surface area contributed by atoms with E-state index in [9.17, 15) is 9.90 Å². The third-order valence-corrected chi connectivity index (χ3v) is 2.16. The van der Waals surface area contributed by atoms with Crippen LogP contribution in [-0.2, 0) is 0 Å². The van der Waals surface area contributed by atoms with Crippen LogP contribution in [0.1, 0.15) is 27.9 Å². The minimum Gasteiger partial charge on any atom is -0.508 e. The summed E-state index contributed by atoms with van der Waals surface area (Å²) in [6, 6.07) is 5.03. The predicted octanol–water partition coefficient (Wildman–Crippen LogP) is 2.11. The third kappa shape index (κ3) is 1.74. The molecule has 0 aromatic heterocycles. The standard InChI is InChI=1S/C11H11NO2/c1-7-3-4-9(13)8(2)11(7)10(14)5-6-12/h3-4,13H,5H2,1-2H3. The van der Waals surface area contributed by atoms with Crippen molar-refractivity contribution in [3.8, 4) is 11.8 Å². The van der Waals surface area contributed by atoms with Crippen LogP contribution in [0.15, 0.2) is 12.1 Å². The number of hydrogen-bond acceptors (Lipinski definition) is 3. The van der Waals surface area contributed by atoms with Crippen molar-refractivity contribution in [3.05, 3.63) is 28.8 Å². The maximum Gasteiger partial charge on any atom is 0.177 e. The molecule has 0 heterocycles. The molecule has 1 N–H and O–H groups in total. The highest BCUT2D eigenvalue weighted by Crippen LogP contribution is 2.24. The smallest absolute Gasteiger partial charge is 0.177 e. The molecule has 0 fully saturated rings. The number of nitrogens with zero attached hydrogens (tertiary/aromatic N) is 1. The molecular weight excluding hydrogens is 178 g/mol. The molecule has 3 nitrogen and oxygen atoms in total. The zero-order chi connectivity index (χ0) is 10.7. The molecule has 72 valence electrons. The van der Waals surface area contributed by atoms with Crippen molar-refractivity contribution in [3.63, 3.8) is 0 Å². The summed E-state index contributed by atoms with van der Waals surface area (Å²) >= 11 is 0. The van der Waals surface area contributed by atoms with Crippen LogP contribution in [0, 0.1) is 25.2 Å². The van der Waals surface area contributed by atoms with Gasteiger partial charge >= 0.3 is 0 Å². The minimum absolute atomic E-state index is 0.0943. The van der Waals surface area contributed by atoms with E-state index in [-0.39, 0.29) is 18.0 Å². The molecule has 0 aliphatic rings. The number of Topliss-reactive ketones (excluding diaryl/α,β-unsaturated/α-hetero) is 1. The molecule has 0 amide bonds. The van der Waals surface area contributed by atoms with Crippen LogP contribution in [0.5, 0.6) is 5.75 Å². The lowest BCUT2D eigenvalue weighted by Crippen LogP contribution is -2.03. The van der Waals surface area contributed by atoms with Gasteiger partial charge in [0.25, 0.3) is 0 Å². The third-order valence-electron chi connectivity index (χ3n) is 2.16. The average molecular weight is 189 g/mol. The lowest BCUT2D eigenvalue weighted by Gasteiger charge is -2.08. The van der Waals surface area contributed by atoms with Crippen molar-refractivity contribution >= 4 is 5.78 Å². The van der Waals surface area contributed by atoms with Gasteiger partial charge in [0.15, 0.2) is 5.78 Å². The van der Waals surface area contributed by atoms with E-state index in [1.165, 1.54) is 0 Å². The summed E-state index contributed by atoms with van der Waals surface area (Å²) in [5.74, 6) is -0.143. The average Bonchev–Trinajstić information content (AvgIpc) is 2.13. The number of ketones is 1. The Hall–Kier alpha value is -1.82. The molecule has 0 atom stereocenters. The van der Waals surface area contributed by atoms with Crippen molar-refractivity contribution in [1.82, 2.24) is 0 Å². The van der Waals surface area contributed by atoms with Gasteiger partial charge in [0.05, 0.1) is 12.5 Å². The Kier molecular flexibility index (Phi) is 2.88. The molecule has 0 saturated heterocycles. The molecule has 1 aromatic carbocycles. The van der Waals surface area contributed by atoms with Gasteiger partial charge in [-0.05, 0) is 25.5 Å². The second-order valence-corrected chi connectivity index (χ2v) is 3.16. The fourth-order valence-corrected chi connectivity index (χ4v) is 1.43. The molecule has 0 radical (unpaired) electrons. The quantitative estimate of drug-likeness (QED) is 0.725. The molecule has 0 spiro atoms. The van der Waals surface area contributed by atoms with Crippen molar-refractivity contribution in [2.24, 2.45) is 0 Å². The summed E-state index contributed by atoms with van der Waals surface area (Å²) < 4.78 is 0. The Balaban J connectivity index is 3.27. The van der Waals surface area contributed by atoms with E-state index in [4.69, 9.17) is 5.26 Å². The number of benzene rings is 1. The van der Waals surface area contributed by atoms with E-state index in [0.29, 0.717) is 11.1 Å². The highest BCUT2D eigenvalue weighted by atomic mass is 16.3. The normalized spacial score (nSPS) is 9.50. The molecule has 1 rings (SSSR count). The Morgan fingerprint density at radius 3 is 2.71 bits per heavy atom. The van der Waals surface area contributed by atoms with Gasteiger partial charge in [-0.2, -0.15) is 5.26 Å². The van der Waals surface area contributed by atoms with Crippen molar-refractivity contribution in [2.45, 2.75) is 20.3 Å². The molecular formula is C11H11NO2. The fourth-order valence-electron chi connectivity index (χ4n) is 1.43. The predicted molar refractivity (Wildman–Crippen MR) is 52.1 cm³/mol. The first-order valence-electron chi connectivity index (χ1n) is 4.27. The lowest BCUT2D eigenvalue weighted by atomic mass is 9.97. The first-order valence-corrected chi connectivity index (χ1v) is 4.27. The summed E-state index contributed by atoms with van der Waals surface area (Å²) in [4.78, 5) is 11.5. The van der Waals surface area contributed by atoms with Crippen LogP contribution in [-0.4, -0.2) is 10.9 Å². The first kappa shape index (κ1) is 10.3. The summed E-state index contributed by atoms with van der Waals surface area (Å²) in [6.45, 7) is 3.46. The SMILES string of the molecule is Cc1ccc(O)c(C)c1C(=O)CC#N. The lowest BCUT2D eigenvalue weighted by molar-refractivity contribution is 0.0996. The Bertz CT molecular complexity index is 416. The number of aryl methyl sites for hydroxylation is 1. The topological polar surface area (TPSA) is 61.1 Å². The number of hydrogen-bond donors (Lipinski definition) is 1. The van der Waals surface area contributed by atoms with Gasteiger partial charge in [0.2, 0.25) is 0 Å². The Morgan fingerprint density at radius 1 is 1.50 bits per heavy atom. The van der Waals surface area contributed by atoms with Gasteiger partial charge in [-0.1, -0.05) is 6.07 Å². The zero-order valence-electron chi connectivity index (χ0n) is 8.16. The monoisotopic (exact) mass is 189 g/mol. The number of nitriles is 1. The molecule has 1 aromatic rings. The molecule has 3 heteroatoms. The van der Waals surface area contributed by atoms with E-state index in [1.807, 2.05) is 6.07 Å². The molecule has 0 saturated carbocycles. The maximum absolute atomic E-state index is 11.5. The highest BCUT2D eigenvalue weighted by Gasteiger charge is 2.13. The van der Waals surface area contributed by atoms with Crippen LogP contribution in [0.4, 0.5) is 0 Å². The second kappa shape index (κ2) is 3.93. The van der Waals surface area contributed by atoms with E-state index < -0.39 is 0 Å². The van der Waals surface area contributed by atoms with Crippen molar-refractivity contribution < 1.29 is 9.90 Å². The minimum atomic E-state index is -0.238. The van der Waals surface area contributed by atoms with Crippen LogP contribution in [0.2, 0.25) is 0 Å². The zero-order valence-corrected chi connectivity index (χ0v) is 8.16. The van der Waals surface area contributed by atoms with Crippen LogP contribution >= 0.6 is 0 Å². The Labute approximate surface area is 82.6 Å². The van der Waals surface area contributed by atoms with E-state index in [1.54, 1.807) is 26.0 Å². The molecule has 0 aliphatic carbocycles. The van der Waals surface area contributed by atoms with Gasteiger partial charge in [0, 0.05) is 11.1 Å². The van der Waals surface area contributed by atoms with E-state index in [0.717, 1.165) is 5.56 Å². The summed E-state index contributed by atoms with van der Waals surface area (Å²) in [7, 11) is 0. The van der Waals surface area contributed by atoms with Gasteiger partial charge < -0.3 is 5.11 Å². The number of carbonyl (C=O) groups excluding carboxylic acids is 1. The fraction of sp³-hybridized carbons (Fsp3) is 0.273. The molecule has 0 bridgehead atoms. The first-order chi connectivity index (χ1) is 6.57. The van der Waals surface area contributed by atoms with Gasteiger partial charge in [-0.15, -0.1) is 0 Å². The van der Waals surface area contributed by atoms with Crippen LogP contribution < -0.4 is 0 Å². The van der Waals surface area contributed by atoms with Crippen LogP contribution in [0.3, 0.4) is 0 Å². The van der Waals surface area contributed by atoms with Crippen molar-refractivity contribution in [2.75, 3.05) is 0 Å². The van der Waals surface area contributed by atoms with Gasteiger partial charge in [0.1, 0.15) is 5.75 Å². The summed E-state index contributed by atoms with van der Waals surface area (Å²) in [6.07, 6.45) is -0.148. The van der Waals surface area contributed by atoms with Gasteiger partial charge in [-0.3, -0.25) is 4.79 Å². The number of aromatic hydroxyl groups is 1. The second-order valence-electron chi connectivity index (χ2n) is 3.16. The maximum atomic E-state index is 11.5. The molecule has 0 aliphatic heterocycles.